The number of amides is 1. The number of aromatic nitrogens is 2. The minimum absolute atomic E-state index is 0.176. The number of rotatable bonds is 4. The maximum Gasteiger partial charge on any atom is 0.410 e. The van der Waals surface area contributed by atoms with Crippen molar-refractivity contribution >= 4 is 23.8 Å². The van der Waals surface area contributed by atoms with Crippen molar-refractivity contribution in [3.63, 3.8) is 0 Å². The molecule has 0 radical (unpaired) electrons. The highest BCUT2D eigenvalue weighted by atomic mass is 19.1. The van der Waals surface area contributed by atoms with Gasteiger partial charge in [-0.15, -0.1) is 0 Å². The lowest BCUT2D eigenvalue weighted by Gasteiger charge is -2.30. The monoisotopic (exact) mass is 377 g/mol. The van der Waals surface area contributed by atoms with Crippen molar-refractivity contribution in [2.75, 3.05) is 25.4 Å². The Morgan fingerprint density at radius 1 is 1.44 bits per heavy atom. The van der Waals surface area contributed by atoms with Crippen molar-refractivity contribution in [3.05, 3.63) is 47.9 Å². The molecule has 1 amide bonds. The Kier molecular flexibility index (Phi) is 5.87. The predicted octanol–water partition coefficient (Wildman–Crippen LogP) is 2.08. The molecule has 2 heterocycles. The Hall–Kier alpha value is -3.14. The third-order valence-electron chi connectivity index (χ3n) is 3.86. The van der Waals surface area contributed by atoms with Crippen LogP contribution in [0.3, 0.4) is 0 Å². The van der Waals surface area contributed by atoms with Gasteiger partial charge in [0.2, 0.25) is 0 Å². The second-order valence-electron chi connectivity index (χ2n) is 5.68. The van der Waals surface area contributed by atoms with Crippen molar-refractivity contribution in [1.29, 1.82) is 0 Å². The van der Waals surface area contributed by atoms with E-state index in [1.807, 2.05) is 0 Å². The van der Waals surface area contributed by atoms with Gasteiger partial charge in [-0.3, -0.25) is 4.99 Å². The van der Waals surface area contributed by atoms with Crippen molar-refractivity contribution < 1.29 is 23.0 Å². The molecule has 0 unspecified atom stereocenters. The number of halogens is 2. The highest BCUT2D eigenvalue weighted by Gasteiger charge is 2.25. The molecule has 1 aliphatic rings. The SMILES string of the molecule is Nc1ncncc1N=C[C@@H]1CN(C(=O)OCc2c(F)cccc2F)CCO1. The number of nitrogen functional groups attached to an aromatic ring is 1. The first-order valence-electron chi connectivity index (χ1n) is 8.10. The van der Waals surface area contributed by atoms with Crippen LogP contribution in [0.5, 0.6) is 0 Å². The van der Waals surface area contributed by atoms with Crippen LogP contribution in [0.15, 0.2) is 35.7 Å². The van der Waals surface area contributed by atoms with Gasteiger partial charge in [0.1, 0.15) is 36.4 Å². The smallest absolute Gasteiger partial charge is 0.410 e. The topological polar surface area (TPSA) is 103 Å². The molecule has 1 fully saturated rings. The number of anilines is 1. The molecule has 1 aromatic carbocycles. The Bertz CT molecular complexity index is 829. The van der Waals surface area contributed by atoms with E-state index in [1.165, 1.54) is 29.7 Å². The van der Waals surface area contributed by atoms with Gasteiger partial charge in [-0.25, -0.2) is 23.5 Å². The van der Waals surface area contributed by atoms with Gasteiger partial charge in [-0.2, -0.15) is 0 Å². The first-order chi connectivity index (χ1) is 13.0. The summed E-state index contributed by atoms with van der Waals surface area (Å²) in [5.74, 6) is -1.31. The molecule has 0 spiro atoms. The normalized spacial score (nSPS) is 17.3. The van der Waals surface area contributed by atoms with E-state index in [0.717, 1.165) is 12.1 Å². The van der Waals surface area contributed by atoms with Crippen LogP contribution in [0.2, 0.25) is 0 Å². The van der Waals surface area contributed by atoms with Gasteiger partial charge in [0, 0.05) is 12.8 Å². The van der Waals surface area contributed by atoms with Crippen LogP contribution >= 0.6 is 0 Å². The zero-order valence-electron chi connectivity index (χ0n) is 14.2. The lowest BCUT2D eigenvalue weighted by molar-refractivity contribution is 0.00294. The summed E-state index contributed by atoms with van der Waals surface area (Å²) in [6, 6.07) is 3.45. The summed E-state index contributed by atoms with van der Waals surface area (Å²) >= 11 is 0. The Labute approximate surface area is 153 Å². The molecule has 10 heteroatoms. The summed E-state index contributed by atoms with van der Waals surface area (Å²) < 4.78 is 37.7. The molecule has 0 bridgehead atoms. The number of hydrogen-bond acceptors (Lipinski definition) is 7. The van der Waals surface area contributed by atoms with Gasteiger partial charge < -0.3 is 20.1 Å². The molecular formula is C17H17F2N5O3. The first kappa shape index (κ1) is 18.6. The van der Waals surface area contributed by atoms with Gasteiger partial charge >= 0.3 is 6.09 Å². The Morgan fingerprint density at radius 3 is 2.96 bits per heavy atom. The predicted molar refractivity (Wildman–Crippen MR) is 92.5 cm³/mol. The lowest BCUT2D eigenvalue weighted by Crippen LogP contribution is -2.46. The first-order valence-corrected chi connectivity index (χ1v) is 8.10. The van der Waals surface area contributed by atoms with Crippen LogP contribution in [0.25, 0.3) is 0 Å². The average Bonchev–Trinajstić information content (AvgIpc) is 2.67. The van der Waals surface area contributed by atoms with Gasteiger partial charge in [0.05, 0.1) is 24.9 Å². The quantitative estimate of drug-likeness (QED) is 0.819. The Balaban J connectivity index is 1.57. The van der Waals surface area contributed by atoms with Crippen LogP contribution < -0.4 is 5.73 Å². The van der Waals surface area contributed by atoms with Crippen LogP contribution in [0.1, 0.15) is 5.56 Å². The van der Waals surface area contributed by atoms with E-state index in [1.54, 1.807) is 0 Å². The fraction of sp³-hybridized carbons (Fsp3) is 0.294. The highest BCUT2D eigenvalue weighted by molar-refractivity contribution is 5.73. The number of carbonyl (C=O) groups excluding carboxylic acids is 1. The summed E-state index contributed by atoms with van der Waals surface area (Å²) in [5, 5.41) is 0. The average molecular weight is 377 g/mol. The zero-order chi connectivity index (χ0) is 19.2. The van der Waals surface area contributed by atoms with E-state index in [4.69, 9.17) is 15.2 Å². The molecular weight excluding hydrogens is 360 g/mol. The number of nitrogens with two attached hydrogens (primary N) is 1. The minimum Gasteiger partial charge on any atom is -0.444 e. The highest BCUT2D eigenvalue weighted by Crippen LogP contribution is 2.17. The molecule has 142 valence electrons. The maximum atomic E-state index is 13.6. The molecule has 27 heavy (non-hydrogen) atoms. The van der Waals surface area contributed by atoms with Crippen LogP contribution in [-0.4, -0.2) is 53.0 Å². The molecule has 1 atom stereocenters. The molecule has 1 aliphatic heterocycles. The summed E-state index contributed by atoms with van der Waals surface area (Å²) in [6.07, 6.45) is 3.07. The second-order valence-corrected chi connectivity index (χ2v) is 5.68. The van der Waals surface area contributed by atoms with E-state index >= 15 is 0 Å². The molecule has 3 rings (SSSR count). The van der Waals surface area contributed by atoms with Crippen molar-refractivity contribution in [1.82, 2.24) is 14.9 Å². The number of hydrogen-bond donors (Lipinski definition) is 1. The van der Waals surface area contributed by atoms with E-state index in [0.29, 0.717) is 12.2 Å². The third-order valence-corrected chi connectivity index (χ3v) is 3.86. The van der Waals surface area contributed by atoms with E-state index < -0.39 is 30.4 Å². The number of nitrogens with zero attached hydrogens (tertiary/aromatic N) is 4. The summed E-state index contributed by atoms with van der Waals surface area (Å²) in [5.41, 5.74) is 5.77. The summed E-state index contributed by atoms with van der Waals surface area (Å²) in [6.45, 7) is 0.237. The number of morpholine rings is 1. The largest absolute Gasteiger partial charge is 0.444 e. The molecule has 8 nitrogen and oxygen atoms in total. The van der Waals surface area contributed by atoms with E-state index in [2.05, 4.69) is 15.0 Å². The lowest BCUT2D eigenvalue weighted by atomic mass is 10.2. The van der Waals surface area contributed by atoms with Gasteiger partial charge in [0.25, 0.3) is 0 Å². The number of carbonyl (C=O) groups is 1. The van der Waals surface area contributed by atoms with E-state index in [9.17, 15) is 13.6 Å². The van der Waals surface area contributed by atoms with Crippen molar-refractivity contribution in [2.45, 2.75) is 12.7 Å². The van der Waals surface area contributed by atoms with Crippen LogP contribution in [-0.2, 0) is 16.1 Å². The van der Waals surface area contributed by atoms with Crippen molar-refractivity contribution in [2.24, 2.45) is 4.99 Å². The fourth-order valence-electron chi connectivity index (χ4n) is 2.42. The minimum atomic E-state index is -0.766. The van der Waals surface area contributed by atoms with Gasteiger partial charge in [-0.1, -0.05) is 6.07 Å². The molecule has 2 aromatic rings. The molecule has 1 saturated heterocycles. The van der Waals surface area contributed by atoms with Crippen LogP contribution in [0, 0.1) is 11.6 Å². The second kappa shape index (κ2) is 8.49. The number of benzene rings is 1. The third kappa shape index (κ3) is 4.73. The maximum absolute atomic E-state index is 13.6. The molecule has 0 saturated carbocycles. The fourth-order valence-corrected chi connectivity index (χ4v) is 2.42. The zero-order valence-corrected chi connectivity index (χ0v) is 14.2. The van der Waals surface area contributed by atoms with E-state index in [-0.39, 0.29) is 24.5 Å². The van der Waals surface area contributed by atoms with Gasteiger partial charge in [-0.05, 0) is 12.1 Å². The molecule has 1 aromatic heterocycles. The van der Waals surface area contributed by atoms with Crippen LogP contribution in [0.4, 0.5) is 25.1 Å². The van der Waals surface area contributed by atoms with Crippen molar-refractivity contribution in [3.8, 4) is 0 Å². The molecule has 0 aliphatic carbocycles. The number of aliphatic imine (C=N–C) groups is 1. The van der Waals surface area contributed by atoms with Gasteiger partial charge in [0.15, 0.2) is 5.82 Å². The Morgan fingerprint density at radius 2 is 2.22 bits per heavy atom. The number of ether oxygens (including phenoxy) is 2. The summed E-state index contributed by atoms with van der Waals surface area (Å²) in [4.78, 5) is 25.4. The molecule has 2 N–H and O–H groups in total. The summed E-state index contributed by atoms with van der Waals surface area (Å²) in [7, 11) is 0. The standard InChI is InChI=1S/C17H17F2N5O3/c18-13-2-1-3-14(19)12(13)9-27-17(25)24-4-5-26-11(8-24)6-22-15-7-21-10-23-16(15)20/h1-3,6-7,10-11H,4-5,8-9H2,(H2,20,21,23)/t11-/m1/s1.